The van der Waals surface area contributed by atoms with Crippen molar-refractivity contribution in [1.82, 2.24) is 0 Å². The SMILES string of the molecule is O=C(O)/C=C/COc1cccc(Oc2ccc(C(F)(F)F)cc2)c1. The molecule has 7 heteroatoms. The number of rotatable bonds is 6. The lowest BCUT2D eigenvalue weighted by atomic mass is 10.2. The first-order valence-corrected chi connectivity index (χ1v) is 6.82. The van der Waals surface area contributed by atoms with Gasteiger partial charge in [-0.3, -0.25) is 0 Å². The van der Waals surface area contributed by atoms with E-state index in [1.807, 2.05) is 0 Å². The predicted molar refractivity (Wildman–Crippen MR) is 80.2 cm³/mol. The van der Waals surface area contributed by atoms with Gasteiger partial charge in [0, 0.05) is 12.1 Å². The second-order valence-electron chi connectivity index (χ2n) is 4.65. The number of carboxylic acids is 1. The van der Waals surface area contributed by atoms with Crippen molar-refractivity contribution in [1.29, 1.82) is 0 Å². The van der Waals surface area contributed by atoms with Crippen LogP contribution >= 0.6 is 0 Å². The van der Waals surface area contributed by atoms with Gasteiger partial charge in [-0.15, -0.1) is 0 Å². The molecule has 2 aromatic carbocycles. The summed E-state index contributed by atoms with van der Waals surface area (Å²) < 4.78 is 48.3. The molecule has 0 atom stereocenters. The molecule has 0 unspecified atom stereocenters. The van der Waals surface area contributed by atoms with Crippen LogP contribution in [0.25, 0.3) is 0 Å². The lowest BCUT2D eigenvalue weighted by molar-refractivity contribution is -0.137. The smallest absolute Gasteiger partial charge is 0.416 e. The highest BCUT2D eigenvalue weighted by Gasteiger charge is 2.30. The third-order valence-corrected chi connectivity index (χ3v) is 2.83. The molecule has 0 saturated carbocycles. The molecule has 0 radical (unpaired) electrons. The second kappa shape index (κ2) is 7.54. The van der Waals surface area contributed by atoms with Gasteiger partial charge in [0.15, 0.2) is 0 Å². The van der Waals surface area contributed by atoms with Crippen LogP contribution in [0.1, 0.15) is 5.56 Å². The fourth-order valence-electron chi connectivity index (χ4n) is 1.77. The fourth-order valence-corrected chi connectivity index (χ4v) is 1.77. The zero-order valence-electron chi connectivity index (χ0n) is 12.3. The van der Waals surface area contributed by atoms with Gasteiger partial charge in [0.05, 0.1) is 5.56 Å². The summed E-state index contributed by atoms with van der Waals surface area (Å²) in [5, 5.41) is 8.46. The van der Waals surface area contributed by atoms with Crippen molar-refractivity contribution in [2.45, 2.75) is 6.18 Å². The van der Waals surface area contributed by atoms with Gasteiger partial charge in [0.25, 0.3) is 0 Å². The molecule has 0 saturated heterocycles. The van der Waals surface area contributed by atoms with Crippen molar-refractivity contribution >= 4 is 5.97 Å². The molecule has 0 aliphatic rings. The van der Waals surface area contributed by atoms with E-state index >= 15 is 0 Å². The topological polar surface area (TPSA) is 55.8 Å². The minimum absolute atomic E-state index is 0.0655. The molecule has 0 aromatic heterocycles. The Bertz CT molecular complexity index is 721. The summed E-state index contributed by atoms with van der Waals surface area (Å²) >= 11 is 0. The second-order valence-corrected chi connectivity index (χ2v) is 4.65. The van der Waals surface area contributed by atoms with Gasteiger partial charge in [-0.1, -0.05) is 6.07 Å². The lowest BCUT2D eigenvalue weighted by Gasteiger charge is -2.10. The van der Waals surface area contributed by atoms with E-state index in [9.17, 15) is 18.0 Å². The molecule has 0 bridgehead atoms. The minimum Gasteiger partial charge on any atom is -0.489 e. The molecule has 4 nitrogen and oxygen atoms in total. The number of benzene rings is 2. The quantitative estimate of drug-likeness (QED) is 0.787. The molecule has 24 heavy (non-hydrogen) atoms. The summed E-state index contributed by atoms with van der Waals surface area (Å²) in [6.07, 6.45) is -2.09. The first-order chi connectivity index (χ1) is 11.3. The Balaban J connectivity index is 2.00. The summed E-state index contributed by atoms with van der Waals surface area (Å²) in [6, 6.07) is 10.8. The van der Waals surface area contributed by atoms with E-state index < -0.39 is 17.7 Å². The Kier molecular flexibility index (Phi) is 5.47. The van der Waals surface area contributed by atoms with Crippen LogP contribution in [-0.2, 0) is 11.0 Å². The number of aliphatic carboxylic acids is 1. The lowest BCUT2D eigenvalue weighted by Crippen LogP contribution is -2.04. The monoisotopic (exact) mass is 338 g/mol. The van der Waals surface area contributed by atoms with Gasteiger partial charge in [0.2, 0.25) is 0 Å². The van der Waals surface area contributed by atoms with Crippen molar-refractivity contribution in [3.63, 3.8) is 0 Å². The average molecular weight is 338 g/mol. The molecule has 0 heterocycles. The van der Waals surface area contributed by atoms with Crippen LogP contribution < -0.4 is 9.47 Å². The van der Waals surface area contributed by atoms with Crippen LogP contribution in [0.4, 0.5) is 13.2 Å². The fraction of sp³-hybridized carbons (Fsp3) is 0.118. The average Bonchev–Trinajstić information content (AvgIpc) is 2.51. The highest BCUT2D eigenvalue weighted by molar-refractivity contribution is 5.79. The maximum Gasteiger partial charge on any atom is 0.416 e. The molecule has 0 amide bonds. The minimum atomic E-state index is -4.39. The molecule has 0 fully saturated rings. The third kappa shape index (κ3) is 5.35. The zero-order valence-corrected chi connectivity index (χ0v) is 12.3. The van der Waals surface area contributed by atoms with E-state index in [1.165, 1.54) is 18.2 Å². The standard InChI is InChI=1S/C17H13F3O4/c18-17(19,20)12-6-8-13(9-7-12)24-15-4-1-3-14(11-15)23-10-2-5-16(21)22/h1-9,11H,10H2,(H,21,22)/b5-2+. The Morgan fingerprint density at radius 1 is 1.04 bits per heavy atom. The van der Waals surface area contributed by atoms with E-state index in [0.717, 1.165) is 18.2 Å². The van der Waals surface area contributed by atoms with Gasteiger partial charge in [-0.2, -0.15) is 13.2 Å². The van der Waals surface area contributed by atoms with E-state index in [1.54, 1.807) is 24.3 Å². The van der Waals surface area contributed by atoms with E-state index in [4.69, 9.17) is 14.6 Å². The number of carbonyl (C=O) groups is 1. The predicted octanol–water partition coefficient (Wildman–Crippen LogP) is 4.52. The Hall–Kier alpha value is -2.96. The van der Waals surface area contributed by atoms with Gasteiger partial charge >= 0.3 is 12.1 Å². The summed E-state index contributed by atoms with van der Waals surface area (Å²) in [5.74, 6) is 0.00725. The molecular formula is C17H13F3O4. The number of hydrogen-bond acceptors (Lipinski definition) is 3. The maximum absolute atomic E-state index is 12.5. The number of halogens is 3. The van der Waals surface area contributed by atoms with Crippen LogP contribution in [0, 0.1) is 0 Å². The van der Waals surface area contributed by atoms with E-state index in [-0.39, 0.29) is 12.4 Å². The zero-order chi connectivity index (χ0) is 17.6. The van der Waals surface area contributed by atoms with Crippen molar-refractivity contribution in [3.05, 3.63) is 66.2 Å². The van der Waals surface area contributed by atoms with E-state index in [0.29, 0.717) is 11.5 Å². The summed E-state index contributed by atoms with van der Waals surface area (Å²) in [5.41, 5.74) is -0.753. The van der Waals surface area contributed by atoms with Gasteiger partial charge in [-0.05, 0) is 42.5 Å². The summed E-state index contributed by atoms with van der Waals surface area (Å²) in [6.45, 7) is 0.0655. The van der Waals surface area contributed by atoms with Gasteiger partial charge in [-0.25, -0.2) is 4.79 Å². The normalized spacial score (nSPS) is 11.5. The van der Waals surface area contributed by atoms with Crippen LogP contribution in [-0.4, -0.2) is 17.7 Å². The Morgan fingerprint density at radius 3 is 2.33 bits per heavy atom. The Labute approximate surface area is 135 Å². The molecular weight excluding hydrogens is 325 g/mol. The Morgan fingerprint density at radius 2 is 1.71 bits per heavy atom. The molecule has 0 spiro atoms. The summed E-state index contributed by atoms with van der Waals surface area (Å²) in [4.78, 5) is 10.3. The highest BCUT2D eigenvalue weighted by atomic mass is 19.4. The van der Waals surface area contributed by atoms with Crippen LogP contribution in [0.15, 0.2) is 60.7 Å². The molecule has 126 valence electrons. The number of alkyl halides is 3. The van der Waals surface area contributed by atoms with Crippen molar-refractivity contribution in [2.75, 3.05) is 6.61 Å². The van der Waals surface area contributed by atoms with Crippen LogP contribution in [0.3, 0.4) is 0 Å². The molecule has 1 N–H and O–H groups in total. The van der Waals surface area contributed by atoms with Crippen molar-refractivity contribution < 1.29 is 32.5 Å². The van der Waals surface area contributed by atoms with Crippen LogP contribution in [0.2, 0.25) is 0 Å². The number of carboxylic acid groups (broad SMARTS) is 1. The third-order valence-electron chi connectivity index (χ3n) is 2.83. The molecule has 2 rings (SSSR count). The van der Waals surface area contributed by atoms with Crippen LogP contribution in [0.5, 0.6) is 17.2 Å². The number of hydrogen-bond donors (Lipinski definition) is 1. The van der Waals surface area contributed by atoms with Crippen molar-refractivity contribution in [2.24, 2.45) is 0 Å². The molecule has 2 aromatic rings. The van der Waals surface area contributed by atoms with Gasteiger partial charge in [0.1, 0.15) is 23.9 Å². The highest BCUT2D eigenvalue weighted by Crippen LogP contribution is 2.31. The van der Waals surface area contributed by atoms with E-state index in [2.05, 4.69) is 0 Å². The van der Waals surface area contributed by atoms with Crippen molar-refractivity contribution in [3.8, 4) is 17.2 Å². The van der Waals surface area contributed by atoms with Gasteiger partial charge < -0.3 is 14.6 Å². The first kappa shape index (κ1) is 17.4. The number of ether oxygens (including phenoxy) is 2. The largest absolute Gasteiger partial charge is 0.489 e. The summed E-state index contributed by atoms with van der Waals surface area (Å²) in [7, 11) is 0. The molecule has 0 aliphatic heterocycles. The molecule has 0 aliphatic carbocycles. The first-order valence-electron chi connectivity index (χ1n) is 6.82. The maximum atomic E-state index is 12.5.